The Morgan fingerprint density at radius 1 is 1.03 bits per heavy atom. The molecule has 6 nitrogen and oxygen atoms in total. The number of hydrogen-bond donors (Lipinski definition) is 1. The number of unbranched alkanes of at least 4 members (excludes halogenated alkanes) is 1. The summed E-state index contributed by atoms with van der Waals surface area (Å²) in [6.07, 6.45) is 1.95. The third-order valence-electron chi connectivity index (χ3n) is 6.07. The van der Waals surface area contributed by atoms with Crippen molar-refractivity contribution >= 4 is 67.3 Å². The number of Topliss-reactive ketones (excluding diaryl/α,β-unsaturated/α-hetero) is 1. The van der Waals surface area contributed by atoms with E-state index in [1.165, 1.54) is 16.2 Å². The highest BCUT2D eigenvalue weighted by atomic mass is 35.5. The van der Waals surface area contributed by atoms with E-state index in [2.05, 4.69) is 11.9 Å². The van der Waals surface area contributed by atoms with Gasteiger partial charge in [0.1, 0.15) is 11.5 Å². The summed E-state index contributed by atoms with van der Waals surface area (Å²) in [6, 6.07) is 18.0. The molecule has 37 heavy (non-hydrogen) atoms. The van der Waals surface area contributed by atoms with Crippen LogP contribution >= 0.6 is 34.5 Å². The van der Waals surface area contributed by atoms with Gasteiger partial charge in [-0.2, -0.15) is 0 Å². The molecule has 1 atom stereocenters. The van der Waals surface area contributed by atoms with Gasteiger partial charge in [0.05, 0.1) is 28.4 Å². The number of rotatable bonds is 7. The maximum Gasteiger partial charge on any atom is 0.301 e. The number of hydrogen-bond acceptors (Lipinski definition) is 6. The first-order valence-electron chi connectivity index (χ1n) is 11.7. The number of aromatic nitrogens is 1. The SMILES string of the molecule is CCCCOc1ccc(C2/C(=C(\O)c3ccc(Cl)cc3)C(=O)C(=O)N2c2nc3ccc(Cl)cc3s2)cc1. The molecule has 0 spiro atoms. The van der Waals surface area contributed by atoms with Crippen molar-refractivity contribution in [3.8, 4) is 5.75 Å². The van der Waals surface area contributed by atoms with Crippen molar-refractivity contribution in [2.75, 3.05) is 11.5 Å². The molecule has 5 rings (SSSR count). The molecule has 0 saturated carbocycles. The molecule has 4 aromatic rings. The number of aliphatic hydroxyl groups excluding tert-OH is 1. The van der Waals surface area contributed by atoms with Crippen LogP contribution in [-0.2, 0) is 9.59 Å². The fourth-order valence-electron chi connectivity index (χ4n) is 4.18. The first-order valence-corrected chi connectivity index (χ1v) is 13.3. The molecule has 1 saturated heterocycles. The number of carbonyl (C=O) groups excluding carboxylic acids is 2. The number of carbonyl (C=O) groups is 2. The number of halogens is 2. The molecule has 1 aliphatic heterocycles. The van der Waals surface area contributed by atoms with Crippen molar-refractivity contribution in [1.29, 1.82) is 0 Å². The van der Waals surface area contributed by atoms with Crippen molar-refractivity contribution in [3.63, 3.8) is 0 Å². The smallest absolute Gasteiger partial charge is 0.301 e. The van der Waals surface area contributed by atoms with Crippen LogP contribution in [0.2, 0.25) is 10.0 Å². The van der Waals surface area contributed by atoms with Gasteiger partial charge >= 0.3 is 5.91 Å². The normalized spacial score (nSPS) is 17.1. The van der Waals surface area contributed by atoms with E-state index in [0.29, 0.717) is 44.2 Å². The number of thiazole rings is 1. The van der Waals surface area contributed by atoms with Gasteiger partial charge in [-0.15, -0.1) is 0 Å². The first kappa shape index (κ1) is 25.3. The number of fused-ring (bicyclic) bond motifs is 1. The molecule has 1 aliphatic rings. The summed E-state index contributed by atoms with van der Waals surface area (Å²) in [5, 5.41) is 12.6. The van der Waals surface area contributed by atoms with Crippen LogP contribution in [-0.4, -0.2) is 28.4 Å². The number of ketones is 1. The standard InChI is InChI=1S/C28H22Cl2N2O4S/c1-2-3-14-36-20-11-6-16(7-12-20)24-23(25(33)17-4-8-18(29)9-5-17)26(34)27(35)32(24)28-31-21-13-10-19(30)15-22(21)37-28/h4-13,15,24,33H,2-3,14H2,1H3/b25-23+. The molecule has 2 heterocycles. The lowest BCUT2D eigenvalue weighted by Gasteiger charge is -2.23. The van der Waals surface area contributed by atoms with Gasteiger partial charge in [-0.1, -0.05) is 60.0 Å². The average Bonchev–Trinajstić information content (AvgIpc) is 3.42. The van der Waals surface area contributed by atoms with E-state index in [1.807, 2.05) is 0 Å². The van der Waals surface area contributed by atoms with Gasteiger partial charge in [0, 0.05) is 15.6 Å². The maximum atomic E-state index is 13.4. The zero-order chi connectivity index (χ0) is 26.1. The van der Waals surface area contributed by atoms with Gasteiger partial charge in [0.2, 0.25) is 0 Å². The van der Waals surface area contributed by atoms with Crippen molar-refractivity contribution in [3.05, 3.63) is 93.5 Å². The van der Waals surface area contributed by atoms with E-state index < -0.39 is 17.7 Å². The van der Waals surface area contributed by atoms with Crippen LogP contribution in [0.4, 0.5) is 5.13 Å². The predicted octanol–water partition coefficient (Wildman–Crippen LogP) is 7.41. The van der Waals surface area contributed by atoms with E-state index in [0.717, 1.165) is 17.5 Å². The van der Waals surface area contributed by atoms with Gasteiger partial charge < -0.3 is 9.84 Å². The molecule has 0 radical (unpaired) electrons. The molecule has 3 aromatic carbocycles. The second kappa shape index (κ2) is 10.5. The van der Waals surface area contributed by atoms with E-state index in [9.17, 15) is 14.7 Å². The number of aliphatic hydroxyl groups is 1. The van der Waals surface area contributed by atoms with Crippen LogP contribution in [0.15, 0.2) is 72.3 Å². The summed E-state index contributed by atoms with van der Waals surface area (Å²) in [4.78, 5) is 32.7. The zero-order valence-electron chi connectivity index (χ0n) is 19.8. The lowest BCUT2D eigenvalue weighted by Crippen LogP contribution is -2.29. The van der Waals surface area contributed by atoms with E-state index in [1.54, 1.807) is 66.7 Å². The largest absolute Gasteiger partial charge is 0.507 e. The molecule has 188 valence electrons. The molecule has 1 aromatic heterocycles. The van der Waals surface area contributed by atoms with Crippen molar-refractivity contribution in [1.82, 2.24) is 4.98 Å². The first-order chi connectivity index (χ1) is 17.9. The minimum absolute atomic E-state index is 0.0238. The Morgan fingerprint density at radius 2 is 1.73 bits per heavy atom. The Hall–Kier alpha value is -3.39. The van der Waals surface area contributed by atoms with Gasteiger partial charge in [-0.25, -0.2) is 4.98 Å². The quantitative estimate of drug-likeness (QED) is 0.112. The minimum atomic E-state index is -0.892. The van der Waals surface area contributed by atoms with Gasteiger partial charge in [-0.3, -0.25) is 14.5 Å². The minimum Gasteiger partial charge on any atom is -0.507 e. The average molecular weight is 553 g/mol. The maximum absolute atomic E-state index is 13.4. The van der Waals surface area contributed by atoms with Crippen LogP contribution in [0.3, 0.4) is 0 Å². The number of ether oxygens (including phenoxy) is 1. The van der Waals surface area contributed by atoms with E-state index in [-0.39, 0.29) is 11.3 Å². The summed E-state index contributed by atoms with van der Waals surface area (Å²) in [6.45, 7) is 2.69. The van der Waals surface area contributed by atoms with Crippen LogP contribution in [0.5, 0.6) is 5.75 Å². The van der Waals surface area contributed by atoms with Crippen LogP contribution < -0.4 is 9.64 Å². The molecule has 9 heteroatoms. The van der Waals surface area contributed by atoms with Crippen molar-refractivity contribution in [2.24, 2.45) is 0 Å². The van der Waals surface area contributed by atoms with Gasteiger partial charge in [0.15, 0.2) is 5.13 Å². The van der Waals surface area contributed by atoms with Crippen molar-refractivity contribution < 1.29 is 19.4 Å². The molecular weight excluding hydrogens is 531 g/mol. The Kier molecular flexibility index (Phi) is 7.20. The molecule has 1 unspecified atom stereocenters. The van der Waals surface area contributed by atoms with E-state index in [4.69, 9.17) is 27.9 Å². The topological polar surface area (TPSA) is 79.7 Å². The van der Waals surface area contributed by atoms with Gasteiger partial charge in [-0.05, 0) is 66.6 Å². The van der Waals surface area contributed by atoms with E-state index >= 15 is 0 Å². The molecule has 1 fully saturated rings. The highest BCUT2D eigenvalue weighted by molar-refractivity contribution is 7.22. The van der Waals surface area contributed by atoms with Gasteiger partial charge in [0.25, 0.3) is 5.78 Å². The summed E-state index contributed by atoms with van der Waals surface area (Å²) >= 11 is 13.4. The van der Waals surface area contributed by atoms with Crippen molar-refractivity contribution in [2.45, 2.75) is 25.8 Å². The summed E-state index contributed by atoms with van der Waals surface area (Å²) in [5.41, 5.74) is 1.64. The molecule has 0 aliphatic carbocycles. The zero-order valence-corrected chi connectivity index (χ0v) is 22.1. The summed E-state index contributed by atoms with van der Waals surface area (Å²) in [7, 11) is 0. The highest BCUT2D eigenvalue weighted by Gasteiger charge is 2.48. The number of amides is 1. The third-order valence-corrected chi connectivity index (χ3v) is 7.57. The number of nitrogens with zero attached hydrogens (tertiary/aromatic N) is 2. The molecule has 0 bridgehead atoms. The Balaban J connectivity index is 1.64. The summed E-state index contributed by atoms with van der Waals surface area (Å²) < 4.78 is 6.56. The monoisotopic (exact) mass is 552 g/mol. The van der Waals surface area contributed by atoms with Crippen LogP contribution in [0, 0.1) is 0 Å². The highest BCUT2D eigenvalue weighted by Crippen LogP contribution is 2.44. The molecular formula is C28H22Cl2N2O4S. The van der Waals surface area contributed by atoms with Crippen LogP contribution in [0.25, 0.3) is 16.0 Å². The fraction of sp³-hybridized carbons (Fsp3) is 0.179. The number of anilines is 1. The fourth-order valence-corrected chi connectivity index (χ4v) is 5.57. The second-order valence-electron chi connectivity index (χ2n) is 8.56. The summed E-state index contributed by atoms with van der Waals surface area (Å²) in [5.74, 6) is -1.16. The lowest BCUT2D eigenvalue weighted by molar-refractivity contribution is -0.132. The third kappa shape index (κ3) is 4.94. The van der Waals surface area contributed by atoms with Crippen LogP contribution in [0.1, 0.15) is 36.9 Å². The Bertz CT molecular complexity index is 1510. The molecule has 1 amide bonds. The Labute approximate surface area is 227 Å². The number of benzene rings is 3. The Morgan fingerprint density at radius 3 is 2.43 bits per heavy atom. The second-order valence-corrected chi connectivity index (χ2v) is 10.4. The molecule has 1 N–H and O–H groups in total. The lowest BCUT2D eigenvalue weighted by atomic mass is 9.95. The predicted molar refractivity (Wildman–Crippen MR) is 148 cm³/mol.